The molecular weight excluding hydrogens is 631 g/mol. The topological polar surface area (TPSA) is 0 Å². The van der Waals surface area contributed by atoms with Crippen LogP contribution in [-0.2, 0) is 24.2 Å². The summed E-state index contributed by atoms with van der Waals surface area (Å²) in [6, 6.07) is 29.7. The molecule has 0 saturated heterocycles. The fourth-order valence-electron chi connectivity index (χ4n) is 8.60. The van der Waals surface area contributed by atoms with Crippen LogP contribution in [0.3, 0.4) is 0 Å². The first kappa shape index (κ1) is 33.2. The van der Waals surface area contributed by atoms with Gasteiger partial charge in [-0.3, -0.25) is 6.08 Å². The molecule has 0 aliphatic heterocycles. The van der Waals surface area contributed by atoms with E-state index in [0.717, 1.165) is 17.8 Å². The third-order valence-electron chi connectivity index (χ3n) is 9.84. The average Bonchev–Trinajstić information content (AvgIpc) is 3.47. The van der Waals surface area contributed by atoms with E-state index < -0.39 is 0 Å². The predicted octanol–water partition coefficient (Wildman–Crippen LogP) is 4.41. The molecule has 4 fully saturated rings. The molecule has 42 heavy (non-hydrogen) atoms. The van der Waals surface area contributed by atoms with E-state index in [4.69, 9.17) is 0 Å². The van der Waals surface area contributed by atoms with Crippen LogP contribution in [0.2, 0.25) is 0 Å². The second-order valence-corrected chi connectivity index (χ2v) is 15.0. The minimum absolute atomic E-state index is 0. The van der Waals surface area contributed by atoms with Crippen molar-refractivity contribution in [2.75, 3.05) is 0 Å². The van der Waals surface area contributed by atoms with Crippen molar-refractivity contribution in [3.8, 4) is 0 Å². The van der Waals surface area contributed by atoms with Gasteiger partial charge in [0.15, 0.2) is 0 Å². The molecule has 0 N–H and O–H groups in total. The minimum atomic E-state index is 0. The van der Waals surface area contributed by atoms with Crippen molar-refractivity contribution in [1.82, 2.24) is 0 Å². The van der Waals surface area contributed by atoms with Crippen molar-refractivity contribution in [3.63, 3.8) is 0 Å². The SMILES string of the molecule is CC1=[C-]C(C)C=C1CC12CC3CC(CC(C3)C1)C2.C[C](=[Zr+2])c1ccccc1.[Cl-].[Cl-].c1ccc2c(c1)[cH-]c1ccccc12. The Bertz CT molecular complexity index is 1470. The number of benzene rings is 3. The first-order chi connectivity index (χ1) is 19.4. The summed E-state index contributed by atoms with van der Waals surface area (Å²) in [5.74, 6) is 3.82. The normalized spacial score (nSPS) is 26.6. The van der Waals surface area contributed by atoms with Crippen LogP contribution in [-0.4, -0.2) is 3.21 Å². The number of fused-ring (bicyclic) bond motifs is 3. The zero-order valence-corrected chi connectivity index (χ0v) is 29.1. The summed E-state index contributed by atoms with van der Waals surface area (Å²) in [7, 11) is 0. The van der Waals surface area contributed by atoms with Gasteiger partial charge in [0.1, 0.15) is 0 Å². The van der Waals surface area contributed by atoms with Gasteiger partial charge < -0.3 is 24.8 Å². The Labute approximate surface area is 280 Å². The van der Waals surface area contributed by atoms with Crippen LogP contribution in [0.4, 0.5) is 0 Å². The Morgan fingerprint density at radius 2 is 1.26 bits per heavy atom. The van der Waals surface area contributed by atoms with Crippen molar-refractivity contribution in [2.24, 2.45) is 29.1 Å². The van der Waals surface area contributed by atoms with E-state index in [1.807, 2.05) is 6.07 Å². The molecule has 4 aromatic rings. The van der Waals surface area contributed by atoms with Crippen molar-refractivity contribution < 1.29 is 49.0 Å². The van der Waals surface area contributed by atoms with Gasteiger partial charge in [-0.15, -0.1) is 39.7 Å². The fourth-order valence-corrected chi connectivity index (χ4v) is 9.01. The van der Waals surface area contributed by atoms with E-state index in [1.54, 1.807) is 44.1 Å². The summed E-state index contributed by atoms with van der Waals surface area (Å²) in [4.78, 5) is 0. The van der Waals surface area contributed by atoms with Crippen LogP contribution in [0.25, 0.3) is 21.5 Å². The predicted molar refractivity (Wildman–Crippen MR) is 168 cm³/mol. The van der Waals surface area contributed by atoms with Gasteiger partial charge in [0.25, 0.3) is 0 Å². The maximum absolute atomic E-state index is 3.57. The monoisotopic (exact) mass is 670 g/mol. The number of hydrogen-bond acceptors (Lipinski definition) is 0. The molecule has 4 aromatic carbocycles. The van der Waals surface area contributed by atoms with Crippen LogP contribution >= 0.6 is 0 Å². The van der Waals surface area contributed by atoms with Crippen molar-refractivity contribution in [1.29, 1.82) is 0 Å². The number of allylic oxidation sites excluding steroid dienone is 4. The molecular formula is C39H42Cl2Zr-2. The van der Waals surface area contributed by atoms with E-state index in [0.29, 0.717) is 11.3 Å². The molecule has 1 atom stereocenters. The third kappa shape index (κ3) is 7.52. The summed E-state index contributed by atoms with van der Waals surface area (Å²) < 4.78 is 1.46. The molecule has 0 radical (unpaired) electrons. The van der Waals surface area contributed by atoms with Crippen LogP contribution in [0.1, 0.15) is 71.3 Å². The molecule has 4 saturated carbocycles. The molecule has 0 spiro atoms. The second kappa shape index (κ2) is 14.4. The smallest absolute Gasteiger partial charge is 0.0771 e. The fraction of sp³-hybridized carbons (Fsp3) is 0.385. The van der Waals surface area contributed by atoms with Crippen molar-refractivity contribution >= 4 is 24.8 Å². The molecule has 5 aliphatic rings. The van der Waals surface area contributed by atoms with E-state index in [1.165, 1.54) is 66.5 Å². The zero-order chi connectivity index (χ0) is 27.7. The van der Waals surface area contributed by atoms with Crippen LogP contribution in [0.15, 0.2) is 102 Å². The van der Waals surface area contributed by atoms with E-state index in [2.05, 4.69) is 112 Å². The summed E-state index contributed by atoms with van der Waals surface area (Å²) in [5, 5.41) is 5.39. The Balaban J connectivity index is 0.000000150. The van der Waals surface area contributed by atoms with E-state index in [9.17, 15) is 0 Å². The first-order valence-electron chi connectivity index (χ1n) is 15.3. The molecule has 5 aliphatic carbocycles. The molecule has 0 aromatic heterocycles. The zero-order valence-electron chi connectivity index (χ0n) is 25.2. The average molecular weight is 673 g/mol. The standard InChI is InChI=1S/C18H25.C13H9.C8H8.2ClH.Zr/c1-12-3-13(2)17(4-12)11-18-8-14-5-15(9-18)7-16(6-14)10-18;1-3-7-12-10(5-1)9-11-6-2-4-8-13(11)12;1-2-8-6-4-3-5-7-8;;;/h4,12,14-16H,5-11H2,1-2H3;1-9H;3-7H,1H3;2*1H;/q2*-1;;;;+2/p-2. The van der Waals surface area contributed by atoms with Gasteiger partial charge in [-0.25, -0.2) is 5.57 Å². The maximum Gasteiger partial charge on any atom is -0.0771 e. The molecule has 0 heterocycles. The Kier molecular flexibility index (Phi) is 11.4. The second-order valence-electron chi connectivity index (χ2n) is 13.2. The van der Waals surface area contributed by atoms with Crippen molar-refractivity contribution in [3.05, 3.63) is 114 Å². The van der Waals surface area contributed by atoms with E-state index >= 15 is 0 Å². The summed E-state index contributed by atoms with van der Waals surface area (Å²) in [6.07, 6.45) is 16.7. The molecule has 0 amide bonds. The minimum Gasteiger partial charge on any atom is -1.00 e. The molecule has 0 nitrogen and oxygen atoms in total. The number of halogens is 2. The van der Waals surface area contributed by atoms with Gasteiger partial charge in [-0.2, -0.15) is 11.6 Å². The quantitative estimate of drug-likeness (QED) is 0.283. The molecule has 4 bridgehead atoms. The summed E-state index contributed by atoms with van der Waals surface area (Å²) in [5.41, 5.74) is 5.17. The van der Waals surface area contributed by atoms with Crippen LogP contribution < -0.4 is 24.8 Å². The van der Waals surface area contributed by atoms with Gasteiger partial charge in [-0.1, -0.05) is 62.6 Å². The van der Waals surface area contributed by atoms with Gasteiger partial charge in [0.05, 0.1) is 0 Å². The Morgan fingerprint density at radius 1 is 0.786 bits per heavy atom. The van der Waals surface area contributed by atoms with Gasteiger partial charge in [0, 0.05) is 0 Å². The molecule has 1 unspecified atom stereocenters. The Hall–Kier alpha value is -1.66. The number of hydrogen-bond donors (Lipinski definition) is 0. The van der Waals surface area contributed by atoms with E-state index in [-0.39, 0.29) is 24.8 Å². The molecule has 3 heteroatoms. The first-order valence-corrected chi connectivity index (χ1v) is 16.6. The van der Waals surface area contributed by atoms with Crippen LogP contribution in [0.5, 0.6) is 0 Å². The van der Waals surface area contributed by atoms with Crippen molar-refractivity contribution in [2.45, 2.75) is 65.7 Å². The largest absolute Gasteiger partial charge is 1.00 e. The van der Waals surface area contributed by atoms with Gasteiger partial charge >= 0.3 is 70.3 Å². The number of rotatable bonds is 3. The summed E-state index contributed by atoms with van der Waals surface area (Å²) in [6.45, 7) is 6.71. The van der Waals surface area contributed by atoms with Gasteiger partial charge in [-0.05, 0) is 61.7 Å². The molecule has 218 valence electrons. The van der Waals surface area contributed by atoms with Crippen LogP contribution in [0, 0.1) is 35.2 Å². The maximum atomic E-state index is 3.57. The van der Waals surface area contributed by atoms with Gasteiger partial charge in [0.2, 0.25) is 0 Å². The summed E-state index contributed by atoms with van der Waals surface area (Å²) >= 11 is 1.51. The third-order valence-corrected chi connectivity index (χ3v) is 10.5. The molecule has 9 rings (SSSR count). The Morgan fingerprint density at radius 3 is 1.69 bits per heavy atom.